The lowest BCUT2D eigenvalue weighted by Crippen LogP contribution is -2.38. The molecule has 4 N–H and O–H groups in total. The van der Waals surface area contributed by atoms with E-state index < -0.39 is 17.7 Å². The quantitative estimate of drug-likeness (QED) is 0.268. The Hall–Kier alpha value is -2.90. The van der Waals surface area contributed by atoms with Gasteiger partial charge < -0.3 is 15.8 Å². The molecule has 124 valence electrons. The summed E-state index contributed by atoms with van der Waals surface area (Å²) in [5.74, 6) is -1.81. The maximum atomic E-state index is 11.5. The van der Waals surface area contributed by atoms with Crippen LogP contribution in [0.4, 0.5) is 0 Å². The molecule has 0 aliphatic rings. The Morgan fingerprint density at radius 3 is 2.70 bits per heavy atom. The molecule has 0 unspecified atom stereocenters. The van der Waals surface area contributed by atoms with Crippen molar-refractivity contribution in [2.45, 2.75) is 19.8 Å². The fourth-order valence-corrected chi connectivity index (χ4v) is 1.54. The number of unbranched alkanes of at least 4 members (excludes halogenated alkanes) is 1. The Bertz CT molecular complexity index is 587. The molecular weight excluding hydrogens is 300 g/mol. The van der Waals surface area contributed by atoms with Crippen molar-refractivity contribution in [2.75, 3.05) is 13.2 Å². The van der Waals surface area contributed by atoms with E-state index in [1.165, 1.54) is 6.21 Å². The number of carbonyl (C=O) groups excluding carboxylic acids is 3. The number of hydrazone groups is 1. The van der Waals surface area contributed by atoms with E-state index in [1.807, 2.05) is 6.92 Å². The molecule has 1 rings (SSSR count). The van der Waals surface area contributed by atoms with Crippen LogP contribution >= 0.6 is 0 Å². The third-order valence-corrected chi connectivity index (χ3v) is 2.68. The highest BCUT2D eigenvalue weighted by atomic mass is 16.5. The highest BCUT2D eigenvalue weighted by Crippen LogP contribution is 2.15. The predicted molar refractivity (Wildman–Crippen MR) is 84.8 cm³/mol. The average molecular weight is 320 g/mol. The van der Waals surface area contributed by atoms with Crippen LogP contribution < -0.4 is 21.2 Å². The van der Waals surface area contributed by atoms with Crippen LogP contribution in [0.3, 0.4) is 0 Å². The number of hydrogen-bond donors (Lipinski definition) is 3. The van der Waals surface area contributed by atoms with Gasteiger partial charge >= 0.3 is 11.8 Å². The van der Waals surface area contributed by atoms with Gasteiger partial charge in [0, 0.05) is 12.1 Å². The molecule has 1 aromatic rings. The number of primary amides is 1. The van der Waals surface area contributed by atoms with E-state index in [2.05, 4.69) is 15.8 Å². The fourth-order valence-electron chi connectivity index (χ4n) is 1.54. The third kappa shape index (κ3) is 7.07. The molecule has 0 bridgehead atoms. The first kappa shape index (κ1) is 18.1. The fraction of sp³-hybridized carbons (Fsp3) is 0.333. The van der Waals surface area contributed by atoms with Gasteiger partial charge in [-0.05, 0) is 18.6 Å². The molecule has 0 aromatic heterocycles. The zero-order valence-corrected chi connectivity index (χ0v) is 12.9. The van der Waals surface area contributed by atoms with E-state index in [4.69, 9.17) is 10.5 Å². The molecule has 0 saturated carbocycles. The minimum atomic E-state index is -0.854. The molecule has 0 atom stereocenters. The van der Waals surface area contributed by atoms with Crippen LogP contribution in [0.15, 0.2) is 29.4 Å². The van der Waals surface area contributed by atoms with Crippen molar-refractivity contribution in [1.29, 1.82) is 0 Å². The molecule has 0 aliphatic heterocycles. The van der Waals surface area contributed by atoms with Gasteiger partial charge in [0.2, 0.25) is 0 Å². The van der Waals surface area contributed by atoms with Gasteiger partial charge in [-0.15, -0.1) is 0 Å². The van der Waals surface area contributed by atoms with Gasteiger partial charge in [0.15, 0.2) is 6.61 Å². The van der Waals surface area contributed by atoms with Crippen LogP contribution in [-0.2, 0) is 14.4 Å². The molecule has 8 heteroatoms. The smallest absolute Gasteiger partial charge is 0.329 e. The zero-order chi connectivity index (χ0) is 17.1. The van der Waals surface area contributed by atoms with Crippen molar-refractivity contribution < 1.29 is 19.1 Å². The van der Waals surface area contributed by atoms with Crippen molar-refractivity contribution >= 4 is 23.9 Å². The van der Waals surface area contributed by atoms with Crippen molar-refractivity contribution in [1.82, 2.24) is 10.7 Å². The Morgan fingerprint density at radius 2 is 2.00 bits per heavy atom. The number of benzene rings is 1. The molecule has 0 saturated heterocycles. The molecule has 1 aromatic carbocycles. The summed E-state index contributed by atoms with van der Waals surface area (Å²) in [6.45, 7) is 2.15. The lowest BCUT2D eigenvalue weighted by molar-refractivity contribution is -0.139. The van der Waals surface area contributed by atoms with Crippen molar-refractivity contribution in [3.63, 3.8) is 0 Å². The van der Waals surface area contributed by atoms with E-state index in [0.717, 1.165) is 12.8 Å². The third-order valence-electron chi connectivity index (χ3n) is 2.68. The lowest BCUT2D eigenvalue weighted by atomic mass is 10.2. The molecule has 23 heavy (non-hydrogen) atoms. The Kier molecular flexibility index (Phi) is 7.84. The number of nitrogens with two attached hydrogens (primary N) is 1. The van der Waals surface area contributed by atoms with Crippen LogP contribution in [0.2, 0.25) is 0 Å². The van der Waals surface area contributed by atoms with E-state index in [9.17, 15) is 14.4 Å². The first-order valence-electron chi connectivity index (χ1n) is 7.16. The highest BCUT2D eigenvalue weighted by Gasteiger charge is 2.11. The van der Waals surface area contributed by atoms with Gasteiger partial charge in [0.1, 0.15) is 5.75 Å². The second-order valence-corrected chi connectivity index (χ2v) is 4.60. The number of rotatable bonds is 8. The van der Waals surface area contributed by atoms with Gasteiger partial charge in [-0.25, -0.2) is 5.43 Å². The summed E-state index contributed by atoms with van der Waals surface area (Å²) in [5.41, 5.74) is 7.66. The first-order chi connectivity index (χ1) is 11.0. The summed E-state index contributed by atoms with van der Waals surface area (Å²) in [7, 11) is 0. The number of amides is 3. The van der Waals surface area contributed by atoms with Crippen LogP contribution in [0.5, 0.6) is 5.75 Å². The molecule has 0 radical (unpaired) electrons. The van der Waals surface area contributed by atoms with E-state index >= 15 is 0 Å². The van der Waals surface area contributed by atoms with E-state index in [1.54, 1.807) is 24.3 Å². The second kappa shape index (κ2) is 9.93. The van der Waals surface area contributed by atoms with Crippen molar-refractivity contribution in [3.05, 3.63) is 29.8 Å². The van der Waals surface area contributed by atoms with Crippen LogP contribution in [-0.4, -0.2) is 37.1 Å². The molecule has 0 fully saturated rings. The molecule has 0 aliphatic carbocycles. The number of hydrogen-bond acceptors (Lipinski definition) is 5. The van der Waals surface area contributed by atoms with E-state index in [0.29, 0.717) is 17.9 Å². The highest BCUT2D eigenvalue weighted by molar-refractivity contribution is 6.35. The summed E-state index contributed by atoms with van der Waals surface area (Å²) in [6.07, 6.45) is 3.03. The van der Waals surface area contributed by atoms with Gasteiger partial charge in [-0.2, -0.15) is 5.10 Å². The second-order valence-electron chi connectivity index (χ2n) is 4.60. The SMILES string of the molecule is CCCCNC(=O)C(=O)N/N=C\c1ccccc1OCC(N)=O. The monoisotopic (exact) mass is 320 g/mol. The minimum Gasteiger partial charge on any atom is -0.483 e. The van der Waals surface area contributed by atoms with Gasteiger partial charge in [0.05, 0.1) is 6.21 Å². The standard InChI is InChI=1S/C15H20N4O4/c1-2-3-8-17-14(21)15(22)19-18-9-11-6-4-5-7-12(11)23-10-13(16)20/h4-7,9H,2-3,8,10H2,1H3,(H2,16,20)(H,17,21)(H,19,22)/b18-9-. The first-order valence-corrected chi connectivity index (χ1v) is 7.16. The molecule has 0 heterocycles. The number of para-hydroxylation sites is 1. The summed E-state index contributed by atoms with van der Waals surface area (Å²) in [4.78, 5) is 33.7. The summed E-state index contributed by atoms with van der Waals surface area (Å²) in [5, 5.41) is 6.17. The van der Waals surface area contributed by atoms with Crippen LogP contribution in [0.1, 0.15) is 25.3 Å². The Morgan fingerprint density at radius 1 is 1.26 bits per heavy atom. The average Bonchev–Trinajstić information content (AvgIpc) is 2.53. The summed E-state index contributed by atoms with van der Waals surface area (Å²) in [6, 6.07) is 6.75. The normalized spacial score (nSPS) is 10.3. The van der Waals surface area contributed by atoms with Crippen molar-refractivity contribution in [2.24, 2.45) is 10.8 Å². The molecule has 3 amide bonds. The lowest BCUT2D eigenvalue weighted by Gasteiger charge is -2.06. The number of carbonyl (C=O) groups is 3. The molecular formula is C15H20N4O4. The van der Waals surface area contributed by atoms with E-state index in [-0.39, 0.29) is 6.61 Å². The molecule has 8 nitrogen and oxygen atoms in total. The van der Waals surface area contributed by atoms with Crippen LogP contribution in [0.25, 0.3) is 0 Å². The number of ether oxygens (including phenoxy) is 1. The minimum absolute atomic E-state index is 0.267. The topological polar surface area (TPSA) is 123 Å². The maximum absolute atomic E-state index is 11.5. The summed E-state index contributed by atoms with van der Waals surface area (Å²) >= 11 is 0. The summed E-state index contributed by atoms with van der Waals surface area (Å²) < 4.78 is 5.21. The maximum Gasteiger partial charge on any atom is 0.329 e. The zero-order valence-electron chi connectivity index (χ0n) is 12.9. The molecule has 0 spiro atoms. The predicted octanol–water partition coefficient (Wildman–Crippen LogP) is -0.0829. The van der Waals surface area contributed by atoms with Gasteiger partial charge in [0.25, 0.3) is 5.91 Å². The number of nitrogens with zero attached hydrogens (tertiary/aromatic N) is 1. The Balaban J connectivity index is 2.55. The number of nitrogens with one attached hydrogen (secondary N) is 2. The van der Waals surface area contributed by atoms with Gasteiger partial charge in [-0.3, -0.25) is 14.4 Å². The van der Waals surface area contributed by atoms with Crippen molar-refractivity contribution in [3.8, 4) is 5.75 Å². The van der Waals surface area contributed by atoms with Gasteiger partial charge in [-0.1, -0.05) is 25.5 Å². The Labute approximate surface area is 134 Å². The largest absolute Gasteiger partial charge is 0.483 e. The van der Waals surface area contributed by atoms with Crippen LogP contribution in [0, 0.1) is 0 Å².